The summed E-state index contributed by atoms with van der Waals surface area (Å²) in [4.78, 5) is 4.47. The molecule has 0 bridgehead atoms. The molecule has 46 heavy (non-hydrogen) atoms. The molecule has 7 aromatic rings. The van der Waals surface area contributed by atoms with Gasteiger partial charge in [-0.05, 0) is 90.8 Å². The van der Waals surface area contributed by atoms with Crippen molar-refractivity contribution in [1.29, 1.82) is 0 Å². The van der Waals surface area contributed by atoms with Crippen LogP contribution in [0.15, 0.2) is 110 Å². The van der Waals surface area contributed by atoms with Gasteiger partial charge >= 0.3 is 0 Å². The van der Waals surface area contributed by atoms with E-state index in [9.17, 15) is 4.39 Å². The van der Waals surface area contributed by atoms with Gasteiger partial charge in [-0.2, -0.15) is 5.10 Å². The first kappa shape index (κ1) is 29.5. The van der Waals surface area contributed by atoms with Crippen molar-refractivity contribution < 1.29 is 9.13 Å². The molecule has 6 heteroatoms. The van der Waals surface area contributed by atoms with Gasteiger partial charge in [-0.1, -0.05) is 57.2 Å². The van der Waals surface area contributed by atoms with E-state index in [1.54, 1.807) is 0 Å². The molecule has 0 fully saturated rings. The van der Waals surface area contributed by atoms with E-state index in [-0.39, 0.29) is 5.82 Å². The van der Waals surface area contributed by atoms with E-state index in [0.717, 1.165) is 45.9 Å². The second-order valence-electron chi connectivity index (χ2n) is 13.3. The topological polar surface area (TPSA) is 44.9 Å². The number of rotatable bonds is 7. The van der Waals surface area contributed by atoms with Crippen LogP contribution in [-0.4, -0.2) is 19.3 Å². The third-order valence-electron chi connectivity index (χ3n) is 8.53. The van der Waals surface area contributed by atoms with Crippen molar-refractivity contribution in [3.63, 3.8) is 0 Å². The van der Waals surface area contributed by atoms with Crippen LogP contribution in [0.2, 0.25) is 0 Å². The van der Waals surface area contributed by atoms with Crippen LogP contribution in [0, 0.1) is 25.1 Å². The highest BCUT2D eigenvalue weighted by molar-refractivity contribution is 6.09. The first-order chi connectivity index (χ1) is 22.1. The highest BCUT2D eigenvalue weighted by Crippen LogP contribution is 2.36. The molecule has 0 amide bonds. The van der Waals surface area contributed by atoms with Crippen molar-refractivity contribution >= 4 is 21.8 Å². The lowest BCUT2D eigenvalue weighted by Crippen LogP contribution is -2.06. The Morgan fingerprint density at radius 3 is 2.33 bits per heavy atom. The van der Waals surface area contributed by atoms with E-state index < -0.39 is 0 Å². The molecule has 0 spiro atoms. The van der Waals surface area contributed by atoms with E-state index in [1.807, 2.05) is 76.1 Å². The van der Waals surface area contributed by atoms with Crippen LogP contribution < -0.4 is 4.74 Å². The maximum absolute atomic E-state index is 14.2. The number of hydrogen-bond acceptors (Lipinski definition) is 3. The molecule has 230 valence electrons. The van der Waals surface area contributed by atoms with Crippen molar-refractivity contribution in [2.45, 2.75) is 47.5 Å². The van der Waals surface area contributed by atoms with Gasteiger partial charge in [-0.15, -0.1) is 0 Å². The lowest BCUT2D eigenvalue weighted by molar-refractivity contribution is 0.378. The zero-order valence-corrected chi connectivity index (χ0v) is 26.9. The number of para-hydroxylation sites is 1. The van der Waals surface area contributed by atoms with Crippen LogP contribution in [0.4, 0.5) is 4.39 Å². The molecule has 3 aromatic heterocycles. The Labute approximate surface area is 268 Å². The predicted octanol–water partition coefficient (Wildman–Crippen LogP) is 10.6. The summed E-state index contributed by atoms with van der Waals surface area (Å²) in [6, 6.07) is 29.4. The quantitative estimate of drug-likeness (QED) is 0.181. The Bertz CT molecular complexity index is 2200. The van der Waals surface area contributed by atoms with Crippen molar-refractivity contribution in [1.82, 2.24) is 19.3 Å². The molecule has 0 saturated heterocycles. The summed E-state index contributed by atoms with van der Waals surface area (Å²) >= 11 is 0. The average Bonchev–Trinajstić information content (AvgIpc) is 3.63. The van der Waals surface area contributed by atoms with Gasteiger partial charge in [0, 0.05) is 46.9 Å². The fourth-order valence-electron chi connectivity index (χ4n) is 6.37. The summed E-state index contributed by atoms with van der Waals surface area (Å²) in [5, 5.41) is 6.83. The number of aromatic nitrogens is 4. The second kappa shape index (κ2) is 11.6. The van der Waals surface area contributed by atoms with Crippen LogP contribution in [0.25, 0.3) is 44.4 Å². The van der Waals surface area contributed by atoms with Crippen molar-refractivity contribution in [2.24, 2.45) is 5.41 Å². The normalized spacial score (nSPS) is 11.9. The molecule has 0 atom stereocenters. The minimum absolute atomic E-state index is 0.312. The number of hydrogen-bond donors (Lipinski definition) is 0. The van der Waals surface area contributed by atoms with Gasteiger partial charge in [0.05, 0.1) is 22.9 Å². The maximum atomic E-state index is 14.2. The summed E-state index contributed by atoms with van der Waals surface area (Å²) in [6.07, 6.45) is 7.74. The number of benzene rings is 4. The average molecular weight is 609 g/mol. The van der Waals surface area contributed by atoms with Crippen molar-refractivity contribution in [3.05, 3.63) is 132 Å². The Balaban J connectivity index is 1.18. The van der Waals surface area contributed by atoms with Gasteiger partial charge in [0.2, 0.25) is 0 Å². The highest BCUT2D eigenvalue weighted by atomic mass is 19.1. The number of halogens is 1. The van der Waals surface area contributed by atoms with Crippen LogP contribution in [-0.2, 0) is 6.42 Å². The van der Waals surface area contributed by atoms with Crippen molar-refractivity contribution in [3.8, 4) is 34.1 Å². The molecule has 4 aromatic carbocycles. The van der Waals surface area contributed by atoms with E-state index in [0.29, 0.717) is 22.7 Å². The first-order valence-electron chi connectivity index (χ1n) is 15.7. The number of pyridine rings is 1. The maximum Gasteiger partial charge on any atom is 0.140 e. The van der Waals surface area contributed by atoms with Crippen LogP contribution in [0.3, 0.4) is 0 Å². The van der Waals surface area contributed by atoms with E-state index in [2.05, 4.69) is 64.0 Å². The van der Waals surface area contributed by atoms with Gasteiger partial charge in [-0.25, -0.2) is 14.1 Å². The Morgan fingerprint density at radius 2 is 1.54 bits per heavy atom. The van der Waals surface area contributed by atoms with Gasteiger partial charge in [0.15, 0.2) is 0 Å². The lowest BCUT2D eigenvalue weighted by Gasteiger charge is -2.19. The molecule has 0 aliphatic carbocycles. The highest BCUT2D eigenvalue weighted by Gasteiger charge is 2.16. The zero-order valence-electron chi connectivity index (χ0n) is 26.9. The molecule has 7 rings (SSSR count). The standard InChI is InChI=1S/C40H37FN4O/c1-26-19-28(15-17-40(3,4)5)20-27(2)39(26)29-24-43-44(25-29)31-9-8-10-32(22-31)46-33-13-14-35-34-11-6-7-12-36(34)45(37(35)23-33)38-21-30(41)16-18-42-38/h6-14,16,18-25H,15,17H2,1-5H3. The summed E-state index contributed by atoms with van der Waals surface area (Å²) in [6.45, 7) is 11.3. The third kappa shape index (κ3) is 5.79. The number of fused-ring (bicyclic) bond motifs is 3. The van der Waals surface area contributed by atoms with Crippen molar-refractivity contribution in [2.75, 3.05) is 0 Å². The lowest BCUT2D eigenvalue weighted by atomic mass is 9.87. The second-order valence-corrected chi connectivity index (χ2v) is 13.3. The van der Waals surface area contributed by atoms with Crippen LogP contribution in [0.1, 0.15) is 43.9 Å². The molecular weight excluding hydrogens is 571 g/mol. The van der Waals surface area contributed by atoms with E-state index in [1.165, 1.54) is 40.6 Å². The molecule has 0 N–H and O–H groups in total. The molecular formula is C40H37FN4O. The molecule has 0 aliphatic heterocycles. The number of nitrogens with zero attached hydrogens (tertiary/aromatic N) is 4. The van der Waals surface area contributed by atoms with Gasteiger partial charge < -0.3 is 4.74 Å². The van der Waals surface area contributed by atoms with Gasteiger partial charge in [-0.3, -0.25) is 4.57 Å². The van der Waals surface area contributed by atoms with Gasteiger partial charge in [0.25, 0.3) is 0 Å². The summed E-state index contributed by atoms with van der Waals surface area (Å²) in [7, 11) is 0. The zero-order chi connectivity index (χ0) is 32.0. The fourth-order valence-corrected chi connectivity index (χ4v) is 6.37. The van der Waals surface area contributed by atoms with Gasteiger partial charge in [0.1, 0.15) is 23.1 Å². The molecule has 0 radical (unpaired) electrons. The van der Waals surface area contributed by atoms with Crippen LogP contribution in [0.5, 0.6) is 11.5 Å². The Kier molecular flexibility index (Phi) is 7.44. The first-order valence-corrected chi connectivity index (χ1v) is 15.7. The van der Waals surface area contributed by atoms with E-state index >= 15 is 0 Å². The molecule has 3 heterocycles. The molecule has 0 aliphatic rings. The Morgan fingerprint density at radius 1 is 0.783 bits per heavy atom. The SMILES string of the molecule is Cc1cc(CCC(C)(C)C)cc(C)c1-c1cnn(-c2cccc(Oc3ccc4c5ccccc5n(-c5cc(F)ccn5)c4c3)c2)c1. The van der Waals surface area contributed by atoms with Crippen LogP contribution >= 0.6 is 0 Å². The fraction of sp³-hybridized carbons (Fsp3) is 0.200. The summed E-state index contributed by atoms with van der Waals surface area (Å²) in [5.74, 6) is 1.55. The molecule has 5 nitrogen and oxygen atoms in total. The minimum atomic E-state index is -0.333. The summed E-state index contributed by atoms with van der Waals surface area (Å²) in [5.41, 5.74) is 9.30. The monoisotopic (exact) mass is 608 g/mol. The summed E-state index contributed by atoms with van der Waals surface area (Å²) < 4.78 is 24.5. The Hall–Kier alpha value is -5.23. The third-order valence-corrected chi connectivity index (χ3v) is 8.53. The number of ether oxygens (including phenoxy) is 1. The van der Waals surface area contributed by atoms with E-state index in [4.69, 9.17) is 9.84 Å². The molecule has 0 unspecified atom stereocenters. The number of aryl methyl sites for hydroxylation is 3. The predicted molar refractivity (Wildman–Crippen MR) is 185 cm³/mol. The smallest absolute Gasteiger partial charge is 0.140 e. The largest absolute Gasteiger partial charge is 0.457 e. The molecule has 0 saturated carbocycles. The minimum Gasteiger partial charge on any atom is -0.457 e.